The minimum absolute atomic E-state index is 0.0815. The molecular weight excluding hydrogens is 503 g/mol. The first-order valence-electron chi connectivity index (χ1n) is 8.58. The van der Waals surface area contributed by atoms with Crippen LogP contribution in [-0.2, 0) is 31.2 Å². The fraction of sp³-hybridized carbons (Fsp3) is 0.294. The predicted molar refractivity (Wildman–Crippen MR) is 108 cm³/mol. The SMILES string of the molecule is CCc1cc([N+](=O)[O-])c([PH](=O)OCOC(=O)CCl)cc1Oc1ncc(C(F)(F)F)cc1Cl. The van der Waals surface area contributed by atoms with E-state index in [2.05, 4.69) is 9.72 Å². The van der Waals surface area contributed by atoms with Crippen LogP contribution >= 0.6 is 31.2 Å². The van der Waals surface area contributed by atoms with Crippen molar-refractivity contribution in [3.05, 3.63) is 50.7 Å². The first kappa shape index (κ1) is 25.9. The maximum absolute atomic E-state index is 12.8. The summed E-state index contributed by atoms with van der Waals surface area (Å²) < 4.78 is 65.7. The van der Waals surface area contributed by atoms with Gasteiger partial charge in [0, 0.05) is 23.9 Å². The van der Waals surface area contributed by atoms with Gasteiger partial charge >= 0.3 is 12.1 Å². The molecule has 0 aliphatic rings. The number of alkyl halides is 4. The van der Waals surface area contributed by atoms with Gasteiger partial charge in [-0.15, -0.1) is 11.6 Å². The van der Waals surface area contributed by atoms with E-state index in [4.69, 9.17) is 32.5 Å². The van der Waals surface area contributed by atoms with Crippen molar-refractivity contribution in [2.75, 3.05) is 12.7 Å². The van der Waals surface area contributed by atoms with E-state index in [0.717, 1.165) is 12.1 Å². The predicted octanol–water partition coefficient (Wildman–Crippen LogP) is 4.87. The lowest BCUT2D eigenvalue weighted by molar-refractivity contribution is -0.383. The second kappa shape index (κ2) is 11.0. The summed E-state index contributed by atoms with van der Waals surface area (Å²) in [5, 5.41) is 10.6. The van der Waals surface area contributed by atoms with Crippen LogP contribution < -0.4 is 10.0 Å². The highest BCUT2D eigenvalue weighted by molar-refractivity contribution is 7.48. The van der Waals surface area contributed by atoms with Crippen LogP contribution in [0.5, 0.6) is 11.6 Å². The summed E-state index contributed by atoms with van der Waals surface area (Å²) in [6.07, 6.45) is -3.95. The summed E-state index contributed by atoms with van der Waals surface area (Å²) >= 11 is 11.1. The number of carbonyl (C=O) groups excluding carboxylic acids is 1. The van der Waals surface area contributed by atoms with Crippen molar-refractivity contribution >= 4 is 48.2 Å². The molecule has 1 heterocycles. The minimum atomic E-state index is -4.67. The van der Waals surface area contributed by atoms with Crippen molar-refractivity contribution in [2.24, 2.45) is 0 Å². The number of benzene rings is 1. The highest BCUT2D eigenvalue weighted by Gasteiger charge is 2.32. The Morgan fingerprint density at radius 2 is 2.00 bits per heavy atom. The van der Waals surface area contributed by atoms with Crippen molar-refractivity contribution in [3.63, 3.8) is 0 Å². The number of halogens is 5. The average molecular weight is 517 g/mol. The molecule has 2 rings (SSSR count). The number of pyridine rings is 1. The third-order valence-corrected chi connectivity index (χ3v) is 5.55. The number of esters is 1. The third-order valence-electron chi connectivity index (χ3n) is 3.84. The minimum Gasteiger partial charge on any atom is -0.437 e. The fourth-order valence-electron chi connectivity index (χ4n) is 2.32. The van der Waals surface area contributed by atoms with E-state index < -0.39 is 59.9 Å². The number of nitro benzene ring substituents is 1. The fourth-order valence-corrected chi connectivity index (χ4v) is 3.55. The van der Waals surface area contributed by atoms with Crippen LogP contribution in [0.2, 0.25) is 5.02 Å². The van der Waals surface area contributed by atoms with Gasteiger partial charge in [-0.3, -0.25) is 24.0 Å². The Hall–Kier alpha value is -2.40. The maximum Gasteiger partial charge on any atom is 0.417 e. The summed E-state index contributed by atoms with van der Waals surface area (Å²) in [4.78, 5) is 25.2. The number of aromatic nitrogens is 1. The largest absolute Gasteiger partial charge is 0.437 e. The van der Waals surface area contributed by atoms with E-state index >= 15 is 0 Å². The normalized spacial score (nSPS) is 12.3. The summed E-state index contributed by atoms with van der Waals surface area (Å²) in [6.45, 7) is 0.872. The zero-order valence-corrected chi connectivity index (χ0v) is 18.6. The molecule has 0 saturated carbocycles. The molecule has 0 aliphatic carbocycles. The Bertz CT molecular complexity index is 1050. The van der Waals surface area contributed by atoms with Crippen LogP contribution in [0.4, 0.5) is 18.9 Å². The summed E-state index contributed by atoms with van der Waals surface area (Å²) in [5.74, 6) is -1.81. The van der Waals surface area contributed by atoms with Gasteiger partial charge in [0.1, 0.15) is 22.0 Å². The van der Waals surface area contributed by atoms with Gasteiger partial charge in [-0.25, -0.2) is 4.98 Å². The molecule has 1 atom stereocenters. The van der Waals surface area contributed by atoms with Gasteiger partial charge in [0.05, 0.1) is 10.5 Å². The lowest BCUT2D eigenvalue weighted by atomic mass is 10.1. The molecule has 32 heavy (non-hydrogen) atoms. The lowest BCUT2D eigenvalue weighted by Gasteiger charge is -2.14. The third kappa shape index (κ3) is 6.55. The van der Waals surface area contributed by atoms with Gasteiger partial charge in [-0.2, -0.15) is 13.2 Å². The Labute approximate surface area is 189 Å². The van der Waals surface area contributed by atoms with Crippen molar-refractivity contribution in [1.29, 1.82) is 0 Å². The summed E-state index contributed by atoms with van der Waals surface area (Å²) in [7, 11) is -3.31. The number of carbonyl (C=O) groups is 1. The number of ether oxygens (including phenoxy) is 2. The molecule has 1 aromatic heterocycles. The maximum atomic E-state index is 12.8. The van der Waals surface area contributed by atoms with Crippen molar-refractivity contribution in [2.45, 2.75) is 19.5 Å². The van der Waals surface area contributed by atoms with Gasteiger partial charge in [-0.05, 0) is 12.5 Å². The van der Waals surface area contributed by atoms with Gasteiger partial charge in [0.25, 0.3) is 5.69 Å². The van der Waals surface area contributed by atoms with Gasteiger partial charge in [0.2, 0.25) is 13.9 Å². The second-order valence-corrected chi connectivity index (χ2v) is 7.97. The zero-order chi connectivity index (χ0) is 24.1. The number of hydrogen-bond acceptors (Lipinski definition) is 8. The highest BCUT2D eigenvalue weighted by Crippen LogP contribution is 2.38. The molecule has 0 saturated heterocycles. The standard InChI is InChI=1S/C17H14Cl2F3N2O7P/c1-2-9-3-12(24(26)27)14(32(28)30-8-29-15(25)6-18)5-13(9)31-16-11(19)4-10(7-23-16)17(20,21)22/h3-5,7,32H,2,6,8H2,1H3. The van der Waals surface area contributed by atoms with Gasteiger partial charge in [0.15, 0.2) is 6.79 Å². The Morgan fingerprint density at radius 3 is 2.53 bits per heavy atom. The van der Waals surface area contributed by atoms with E-state index in [1.165, 1.54) is 0 Å². The number of hydrogen-bond donors (Lipinski definition) is 0. The van der Waals surface area contributed by atoms with E-state index in [1.54, 1.807) is 6.92 Å². The van der Waals surface area contributed by atoms with E-state index in [9.17, 15) is 32.6 Å². The molecule has 0 N–H and O–H groups in total. The number of rotatable bonds is 9. The summed E-state index contributed by atoms with van der Waals surface area (Å²) in [5.41, 5.74) is -1.38. The van der Waals surface area contributed by atoms with Crippen LogP contribution in [0.15, 0.2) is 24.4 Å². The molecule has 0 spiro atoms. The Morgan fingerprint density at radius 1 is 1.31 bits per heavy atom. The first-order valence-corrected chi connectivity index (χ1v) is 10.8. The molecule has 0 amide bonds. The second-order valence-electron chi connectivity index (χ2n) is 5.90. The Kier molecular flexibility index (Phi) is 8.85. The van der Waals surface area contributed by atoms with Crippen LogP contribution in [0, 0.1) is 10.1 Å². The summed E-state index contributed by atoms with van der Waals surface area (Å²) in [6, 6.07) is 2.73. The van der Waals surface area contributed by atoms with E-state index in [-0.39, 0.29) is 23.0 Å². The molecule has 9 nitrogen and oxygen atoms in total. The smallest absolute Gasteiger partial charge is 0.417 e. The molecular formula is C17H14Cl2F3N2O7P. The average Bonchev–Trinajstić information content (AvgIpc) is 2.73. The van der Waals surface area contributed by atoms with Gasteiger partial charge in [-0.1, -0.05) is 18.5 Å². The van der Waals surface area contributed by atoms with E-state index in [1.807, 2.05) is 0 Å². The topological polar surface area (TPSA) is 118 Å². The van der Waals surface area contributed by atoms with Crippen molar-refractivity contribution in [1.82, 2.24) is 4.98 Å². The quantitative estimate of drug-likeness (QED) is 0.116. The molecule has 1 aromatic carbocycles. The van der Waals surface area contributed by atoms with E-state index in [0.29, 0.717) is 12.3 Å². The van der Waals surface area contributed by atoms with Crippen molar-refractivity contribution < 1.29 is 41.5 Å². The zero-order valence-electron chi connectivity index (χ0n) is 16.1. The van der Waals surface area contributed by atoms with Crippen molar-refractivity contribution in [3.8, 4) is 11.6 Å². The monoisotopic (exact) mass is 516 g/mol. The van der Waals surface area contributed by atoms with Gasteiger partial charge < -0.3 is 9.47 Å². The van der Waals surface area contributed by atoms with Crippen LogP contribution in [0.1, 0.15) is 18.1 Å². The molecule has 2 aromatic rings. The molecule has 1 unspecified atom stereocenters. The highest BCUT2D eigenvalue weighted by atomic mass is 35.5. The molecule has 15 heteroatoms. The number of nitro groups is 1. The molecule has 0 radical (unpaired) electrons. The lowest BCUT2D eigenvalue weighted by Crippen LogP contribution is -2.12. The van der Waals surface area contributed by atoms with Crippen LogP contribution in [0.25, 0.3) is 0 Å². The molecule has 0 fully saturated rings. The van der Waals surface area contributed by atoms with Crippen LogP contribution in [0.3, 0.4) is 0 Å². The number of nitrogens with zero attached hydrogens (tertiary/aromatic N) is 2. The number of aryl methyl sites for hydroxylation is 1. The first-order chi connectivity index (χ1) is 15.0. The molecule has 0 bridgehead atoms. The molecule has 0 aliphatic heterocycles. The molecule has 174 valence electrons. The van der Waals surface area contributed by atoms with Crippen LogP contribution in [-0.4, -0.2) is 28.5 Å². The Balaban J connectivity index is 2.40.